The van der Waals surface area contributed by atoms with Gasteiger partial charge >= 0.3 is 0 Å². The number of piperazine rings is 1. The average molecular weight is 490 g/mol. The van der Waals surface area contributed by atoms with Crippen LogP contribution in [0.3, 0.4) is 0 Å². The molecule has 0 atom stereocenters. The van der Waals surface area contributed by atoms with Crippen molar-refractivity contribution in [2.75, 3.05) is 66.7 Å². The molecule has 3 N–H and O–H groups in total. The summed E-state index contributed by atoms with van der Waals surface area (Å²) in [5, 5.41) is 3.27. The Balaban J connectivity index is 1.58. The van der Waals surface area contributed by atoms with Crippen LogP contribution in [0.15, 0.2) is 62.2 Å². The Kier molecular flexibility index (Phi) is 8.06. The summed E-state index contributed by atoms with van der Waals surface area (Å²) in [5.74, 6) is 1.69. The Labute approximate surface area is 210 Å². The van der Waals surface area contributed by atoms with Crippen molar-refractivity contribution in [3.8, 4) is 0 Å². The summed E-state index contributed by atoms with van der Waals surface area (Å²) < 4.78 is 13.2. The zero-order valence-corrected chi connectivity index (χ0v) is 20.4. The number of hydrogen-bond acceptors (Lipinski definition) is 9. The molecule has 4 rings (SSSR count). The molecule has 1 aromatic carbocycles. The molecule has 1 aliphatic rings. The zero-order chi connectivity index (χ0) is 25.5. The van der Waals surface area contributed by atoms with Gasteiger partial charge in [-0.1, -0.05) is 30.4 Å². The van der Waals surface area contributed by atoms with E-state index in [1.54, 1.807) is 18.2 Å². The van der Waals surface area contributed by atoms with E-state index in [4.69, 9.17) is 15.7 Å². The monoisotopic (exact) mass is 489 g/mol. The lowest BCUT2D eigenvalue weighted by atomic mass is 10.2. The fourth-order valence-electron chi connectivity index (χ4n) is 4.09. The third kappa shape index (κ3) is 5.77. The molecule has 3 heterocycles. The number of nitrogens with one attached hydrogen (secondary N) is 1. The molecule has 1 saturated heterocycles. The molecule has 9 nitrogen and oxygen atoms in total. The van der Waals surface area contributed by atoms with Gasteiger partial charge in [-0.2, -0.15) is 9.97 Å². The number of anilines is 4. The Hall–Kier alpha value is -4.05. The third-order valence-electron chi connectivity index (χ3n) is 5.92. The summed E-state index contributed by atoms with van der Waals surface area (Å²) in [6, 6.07) is 6.64. The van der Waals surface area contributed by atoms with Gasteiger partial charge in [0.15, 0.2) is 11.6 Å². The first-order chi connectivity index (χ1) is 17.5. The molecule has 0 unspecified atom stereocenters. The lowest BCUT2D eigenvalue weighted by Crippen LogP contribution is -2.46. The average Bonchev–Trinajstić information content (AvgIpc) is 2.89. The Morgan fingerprint density at radius 1 is 0.917 bits per heavy atom. The van der Waals surface area contributed by atoms with Gasteiger partial charge in [0.05, 0.1) is 0 Å². The van der Waals surface area contributed by atoms with Crippen LogP contribution in [0.1, 0.15) is 5.56 Å². The summed E-state index contributed by atoms with van der Waals surface area (Å²) in [6.07, 6.45) is 5.32. The molecular weight excluding hydrogens is 457 g/mol. The van der Waals surface area contributed by atoms with E-state index in [2.05, 4.69) is 44.8 Å². The fraction of sp³-hybridized carbons (Fsp3) is 0.308. The molecule has 0 spiro atoms. The predicted octanol–water partition coefficient (Wildman–Crippen LogP) is 3.24. The summed E-state index contributed by atoms with van der Waals surface area (Å²) in [5.41, 5.74) is 8.54. The van der Waals surface area contributed by atoms with Crippen LogP contribution in [0.5, 0.6) is 0 Å². The second-order valence-corrected chi connectivity index (χ2v) is 8.52. The van der Waals surface area contributed by atoms with E-state index in [9.17, 15) is 4.39 Å². The van der Waals surface area contributed by atoms with E-state index in [1.807, 2.05) is 17.0 Å². The largest absolute Gasteiger partial charge is 0.382 e. The highest BCUT2D eigenvalue weighted by Crippen LogP contribution is 2.28. The summed E-state index contributed by atoms with van der Waals surface area (Å²) in [6.45, 7) is 17.0. The molecule has 36 heavy (non-hydrogen) atoms. The first kappa shape index (κ1) is 25.1. The van der Waals surface area contributed by atoms with Crippen molar-refractivity contribution >= 4 is 34.6 Å². The first-order valence-corrected chi connectivity index (χ1v) is 11.9. The van der Waals surface area contributed by atoms with Crippen LogP contribution in [0.25, 0.3) is 11.0 Å². The van der Waals surface area contributed by atoms with Gasteiger partial charge in [-0.15, -0.1) is 19.7 Å². The highest BCUT2D eigenvalue weighted by atomic mass is 19.1. The Morgan fingerprint density at radius 2 is 1.61 bits per heavy atom. The number of nitrogens with zero attached hydrogens (tertiary/aromatic N) is 7. The maximum atomic E-state index is 13.2. The van der Waals surface area contributed by atoms with E-state index in [0.717, 1.165) is 38.3 Å². The van der Waals surface area contributed by atoms with E-state index in [0.29, 0.717) is 54.2 Å². The quantitative estimate of drug-likeness (QED) is 0.393. The Morgan fingerprint density at radius 3 is 2.25 bits per heavy atom. The van der Waals surface area contributed by atoms with Crippen molar-refractivity contribution < 1.29 is 4.39 Å². The highest BCUT2D eigenvalue weighted by molar-refractivity contribution is 5.93. The SMILES string of the molecule is C=CCNc1nc(N(CC=C)CC=C)nc2c(N)nc(N3CCN(Cc4ccc(F)cc4)CC3)nc12. The van der Waals surface area contributed by atoms with Crippen LogP contribution < -0.4 is 20.9 Å². The van der Waals surface area contributed by atoms with E-state index in [1.165, 1.54) is 12.1 Å². The predicted molar refractivity (Wildman–Crippen MR) is 145 cm³/mol. The molecule has 10 heteroatoms. The van der Waals surface area contributed by atoms with Crippen molar-refractivity contribution in [3.05, 3.63) is 73.6 Å². The number of nitrogens with two attached hydrogens (primary N) is 1. The Bertz CT molecular complexity index is 1210. The summed E-state index contributed by atoms with van der Waals surface area (Å²) in [7, 11) is 0. The van der Waals surface area contributed by atoms with Gasteiger partial charge in [0.25, 0.3) is 0 Å². The van der Waals surface area contributed by atoms with Crippen molar-refractivity contribution in [1.82, 2.24) is 24.8 Å². The maximum Gasteiger partial charge on any atom is 0.228 e. The van der Waals surface area contributed by atoms with Crippen molar-refractivity contribution in [1.29, 1.82) is 0 Å². The van der Waals surface area contributed by atoms with Gasteiger partial charge in [-0.3, -0.25) is 4.90 Å². The molecule has 1 aliphatic heterocycles. The van der Waals surface area contributed by atoms with Crippen LogP contribution in [0, 0.1) is 5.82 Å². The number of hydrogen-bond donors (Lipinski definition) is 2. The third-order valence-corrected chi connectivity index (χ3v) is 5.92. The number of rotatable bonds is 11. The lowest BCUT2D eigenvalue weighted by Gasteiger charge is -2.34. The molecular formula is C26H32FN9. The molecule has 1 fully saturated rings. The minimum atomic E-state index is -0.221. The molecule has 0 aliphatic carbocycles. The second kappa shape index (κ2) is 11.6. The van der Waals surface area contributed by atoms with E-state index < -0.39 is 0 Å². The van der Waals surface area contributed by atoms with Gasteiger partial charge < -0.3 is 20.9 Å². The van der Waals surface area contributed by atoms with Crippen LogP contribution in [-0.4, -0.2) is 70.6 Å². The van der Waals surface area contributed by atoms with Crippen LogP contribution in [0.4, 0.5) is 27.9 Å². The van der Waals surface area contributed by atoms with Gasteiger partial charge in [0.1, 0.15) is 16.9 Å². The van der Waals surface area contributed by atoms with Gasteiger partial charge in [0, 0.05) is 52.4 Å². The van der Waals surface area contributed by atoms with E-state index >= 15 is 0 Å². The number of benzene rings is 1. The zero-order valence-electron chi connectivity index (χ0n) is 20.4. The molecule has 0 amide bonds. The highest BCUT2D eigenvalue weighted by Gasteiger charge is 2.23. The minimum absolute atomic E-state index is 0.221. The van der Waals surface area contributed by atoms with Crippen LogP contribution >= 0.6 is 0 Å². The number of fused-ring (bicyclic) bond motifs is 1. The number of halogens is 1. The summed E-state index contributed by atoms with van der Waals surface area (Å²) >= 11 is 0. The summed E-state index contributed by atoms with van der Waals surface area (Å²) in [4.78, 5) is 25.2. The first-order valence-electron chi connectivity index (χ1n) is 11.9. The van der Waals surface area contributed by atoms with Gasteiger partial charge in [0.2, 0.25) is 11.9 Å². The van der Waals surface area contributed by atoms with Crippen LogP contribution in [-0.2, 0) is 6.54 Å². The topological polar surface area (TPSA) is 99.3 Å². The van der Waals surface area contributed by atoms with Crippen LogP contribution in [0.2, 0.25) is 0 Å². The van der Waals surface area contributed by atoms with Crippen molar-refractivity contribution in [2.24, 2.45) is 0 Å². The molecule has 188 valence electrons. The van der Waals surface area contributed by atoms with Gasteiger partial charge in [-0.05, 0) is 17.7 Å². The van der Waals surface area contributed by atoms with Crippen molar-refractivity contribution in [3.63, 3.8) is 0 Å². The normalized spacial score (nSPS) is 14.0. The van der Waals surface area contributed by atoms with Gasteiger partial charge in [-0.25, -0.2) is 14.4 Å². The lowest BCUT2D eigenvalue weighted by molar-refractivity contribution is 0.248. The smallest absolute Gasteiger partial charge is 0.228 e. The fourth-order valence-corrected chi connectivity index (χ4v) is 4.09. The molecule has 0 saturated carbocycles. The molecule has 0 bridgehead atoms. The number of aromatic nitrogens is 4. The second-order valence-electron chi connectivity index (χ2n) is 8.52. The standard InChI is InChI=1S/C26H32FN9/c1-4-11-29-24-22-21(30-26(33-24)35(12-5-2)13-6-3)23(28)32-25(31-22)36-16-14-34(15-17-36)18-19-7-9-20(27)10-8-19/h4-10H,1-3,11-18H2,(H2,28,31,32)(H,29,30,33). The number of nitrogen functional groups attached to an aromatic ring is 1. The molecule has 0 radical (unpaired) electrons. The minimum Gasteiger partial charge on any atom is -0.382 e. The maximum absolute atomic E-state index is 13.2. The van der Waals surface area contributed by atoms with E-state index in [-0.39, 0.29) is 5.82 Å². The molecule has 3 aromatic rings. The van der Waals surface area contributed by atoms with Crippen molar-refractivity contribution in [2.45, 2.75) is 6.54 Å². The molecule has 2 aromatic heterocycles.